The Balaban J connectivity index is 1.71. The highest BCUT2D eigenvalue weighted by molar-refractivity contribution is 7.91. The third-order valence-corrected chi connectivity index (χ3v) is 10.2. The lowest BCUT2D eigenvalue weighted by Gasteiger charge is -2.23. The number of hydrogen-bond donors (Lipinski definition) is 3. The highest BCUT2D eigenvalue weighted by atomic mass is 32.2. The fourth-order valence-corrected chi connectivity index (χ4v) is 7.41. The van der Waals surface area contributed by atoms with Crippen molar-refractivity contribution in [3.8, 4) is 5.75 Å². The van der Waals surface area contributed by atoms with Gasteiger partial charge >= 0.3 is 5.97 Å². The molecule has 1 fully saturated rings. The fraction of sp³-hybridized carbons (Fsp3) is 0.500. The zero-order chi connectivity index (χ0) is 28.6. The summed E-state index contributed by atoms with van der Waals surface area (Å²) in [4.78, 5) is 29.7. The summed E-state index contributed by atoms with van der Waals surface area (Å²) in [5.74, 6) is -0.763. The maximum atomic E-state index is 13.3. The highest BCUT2D eigenvalue weighted by Gasteiger charge is 2.40. The molecule has 4 rings (SSSR count). The molecule has 1 aliphatic carbocycles. The molecule has 39 heavy (non-hydrogen) atoms. The van der Waals surface area contributed by atoms with Gasteiger partial charge in [0, 0.05) is 18.0 Å². The van der Waals surface area contributed by atoms with Crippen LogP contribution in [0, 0.1) is 19.8 Å². The molecule has 2 aromatic heterocycles. The van der Waals surface area contributed by atoms with Gasteiger partial charge in [0.25, 0.3) is 15.9 Å². The Morgan fingerprint density at radius 2 is 2.00 bits per heavy atom. The Labute approximate surface area is 232 Å². The quantitative estimate of drug-likeness (QED) is 0.266. The van der Waals surface area contributed by atoms with E-state index in [4.69, 9.17) is 9.15 Å². The van der Waals surface area contributed by atoms with Gasteiger partial charge in [-0.25, -0.2) is 13.2 Å². The first-order valence-electron chi connectivity index (χ1n) is 12.9. The zero-order valence-corrected chi connectivity index (χ0v) is 24.5. The van der Waals surface area contributed by atoms with E-state index in [1.54, 1.807) is 13.8 Å². The van der Waals surface area contributed by atoms with Crippen LogP contribution in [0.5, 0.6) is 5.75 Å². The summed E-state index contributed by atoms with van der Waals surface area (Å²) < 4.78 is 38.7. The lowest BCUT2D eigenvalue weighted by Crippen LogP contribution is -2.34. The SMILES string of the molecule is CCOC(=O)C1=C(Nc2csc(S(=O)(=O)N(CC)C3CC3)c2O)C(N[C@@H](c2cc(C)c(C)o2)C(C)C)=NC1=O. The Bertz CT molecular complexity index is 1430. The summed E-state index contributed by atoms with van der Waals surface area (Å²) in [7, 11) is -3.93. The van der Waals surface area contributed by atoms with Crippen LogP contribution in [-0.4, -0.2) is 54.7 Å². The molecule has 1 atom stereocenters. The van der Waals surface area contributed by atoms with Gasteiger partial charge in [-0.3, -0.25) is 4.79 Å². The highest BCUT2D eigenvalue weighted by Crippen LogP contribution is 2.43. The lowest BCUT2D eigenvalue weighted by atomic mass is 10.0. The van der Waals surface area contributed by atoms with Crippen LogP contribution in [0.3, 0.4) is 0 Å². The summed E-state index contributed by atoms with van der Waals surface area (Å²) in [6.07, 6.45) is 1.55. The molecule has 0 saturated heterocycles. The van der Waals surface area contributed by atoms with E-state index in [-0.39, 0.29) is 52.1 Å². The molecule has 0 aromatic carbocycles. The summed E-state index contributed by atoms with van der Waals surface area (Å²) >= 11 is 0.856. The second-order valence-corrected chi connectivity index (χ2v) is 12.8. The molecule has 2 aromatic rings. The number of nitrogens with zero attached hydrogens (tertiary/aromatic N) is 2. The number of rotatable bonds is 11. The van der Waals surface area contributed by atoms with Crippen molar-refractivity contribution < 1.29 is 32.3 Å². The van der Waals surface area contributed by atoms with Gasteiger partial charge in [0.15, 0.2) is 21.4 Å². The number of aromatic hydroxyl groups is 1. The van der Waals surface area contributed by atoms with Gasteiger partial charge < -0.3 is 24.9 Å². The van der Waals surface area contributed by atoms with E-state index in [1.807, 2.05) is 33.8 Å². The number of esters is 1. The number of aryl methyl sites for hydroxylation is 2. The Kier molecular flexibility index (Phi) is 8.24. The maximum absolute atomic E-state index is 13.3. The number of hydrogen-bond acceptors (Lipinski definition) is 10. The van der Waals surface area contributed by atoms with Gasteiger partial charge in [-0.05, 0) is 51.2 Å². The number of anilines is 1. The average Bonchev–Trinajstić information content (AvgIpc) is 3.43. The van der Waals surface area contributed by atoms with E-state index in [1.165, 1.54) is 9.69 Å². The molecule has 1 saturated carbocycles. The largest absolute Gasteiger partial charge is 0.504 e. The van der Waals surface area contributed by atoms with Crippen LogP contribution in [-0.2, 0) is 24.3 Å². The summed E-state index contributed by atoms with van der Waals surface area (Å²) in [6, 6.07) is 1.41. The monoisotopic (exact) mass is 578 g/mol. The predicted molar refractivity (Wildman–Crippen MR) is 147 cm³/mol. The fourth-order valence-electron chi connectivity index (χ4n) is 4.36. The van der Waals surface area contributed by atoms with Crippen molar-refractivity contribution in [3.05, 3.63) is 39.8 Å². The normalized spacial score (nSPS) is 16.7. The average molecular weight is 579 g/mol. The van der Waals surface area contributed by atoms with Gasteiger partial charge in [-0.1, -0.05) is 20.8 Å². The summed E-state index contributed by atoms with van der Waals surface area (Å²) in [5, 5.41) is 18.5. The van der Waals surface area contributed by atoms with Crippen molar-refractivity contribution in [1.29, 1.82) is 0 Å². The predicted octanol–water partition coefficient (Wildman–Crippen LogP) is 3.99. The number of aliphatic imine (C=N–C) groups is 1. The Morgan fingerprint density at radius 3 is 2.54 bits per heavy atom. The molecular formula is C26H34N4O7S2. The molecule has 2 aliphatic rings. The Morgan fingerprint density at radius 1 is 1.31 bits per heavy atom. The van der Waals surface area contributed by atoms with Crippen LogP contribution < -0.4 is 10.6 Å². The van der Waals surface area contributed by atoms with Gasteiger partial charge in [-0.15, -0.1) is 11.3 Å². The number of nitrogens with one attached hydrogen (secondary N) is 2. The van der Waals surface area contributed by atoms with Crippen molar-refractivity contribution in [1.82, 2.24) is 9.62 Å². The maximum Gasteiger partial charge on any atom is 0.346 e. The first-order chi connectivity index (χ1) is 18.4. The number of sulfonamides is 1. The van der Waals surface area contributed by atoms with Crippen LogP contribution in [0.25, 0.3) is 0 Å². The zero-order valence-electron chi connectivity index (χ0n) is 22.8. The second-order valence-electron chi connectivity index (χ2n) is 9.84. The first-order valence-corrected chi connectivity index (χ1v) is 15.2. The number of furan rings is 1. The van der Waals surface area contributed by atoms with Crippen molar-refractivity contribution in [3.63, 3.8) is 0 Å². The van der Waals surface area contributed by atoms with E-state index in [0.717, 1.165) is 35.5 Å². The molecule has 3 N–H and O–H groups in total. The number of carbonyl (C=O) groups excluding carboxylic acids is 2. The van der Waals surface area contributed by atoms with Crippen LogP contribution >= 0.6 is 11.3 Å². The Hall–Kier alpha value is -3.16. The van der Waals surface area contributed by atoms with Gasteiger partial charge in [0.1, 0.15) is 17.2 Å². The third-order valence-electron chi connectivity index (χ3n) is 6.64. The topological polar surface area (TPSA) is 151 Å². The van der Waals surface area contributed by atoms with E-state index in [0.29, 0.717) is 5.76 Å². The van der Waals surface area contributed by atoms with Crippen molar-refractivity contribution in [2.75, 3.05) is 18.5 Å². The molecule has 212 valence electrons. The number of amides is 1. The summed E-state index contributed by atoms with van der Waals surface area (Å²) in [6.45, 7) is 11.4. The molecule has 0 unspecified atom stereocenters. The van der Waals surface area contributed by atoms with E-state index in [2.05, 4.69) is 15.6 Å². The number of ether oxygens (including phenoxy) is 1. The second kappa shape index (κ2) is 11.1. The minimum atomic E-state index is -3.93. The van der Waals surface area contributed by atoms with Gasteiger partial charge in [0.2, 0.25) is 0 Å². The molecule has 0 spiro atoms. The molecule has 1 amide bonds. The van der Waals surface area contributed by atoms with E-state index < -0.39 is 33.7 Å². The van der Waals surface area contributed by atoms with Crippen molar-refractivity contribution >= 4 is 44.8 Å². The number of thiophene rings is 1. The van der Waals surface area contributed by atoms with Crippen LogP contribution in [0.1, 0.15) is 63.7 Å². The van der Waals surface area contributed by atoms with Crippen molar-refractivity contribution in [2.45, 2.75) is 70.7 Å². The first kappa shape index (κ1) is 28.8. The molecule has 3 heterocycles. The minimum absolute atomic E-state index is 0.00519. The molecule has 13 heteroatoms. The smallest absolute Gasteiger partial charge is 0.346 e. The molecule has 0 radical (unpaired) electrons. The number of carbonyl (C=O) groups is 2. The molecule has 0 bridgehead atoms. The minimum Gasteiger partial charge on any atom is -0.504 e. The summed E-state index contributed by atoms with van der Waals surface area (Å²) in [5.41, 5.74) is 0.622. The van der Waals surface area contributed by atoms with E-state index >= 15 is 0 Å². The number of amidine groups is 1. The van der Waals surface area contributed by atoms with Gasteiger partial charge in [-0.2, -0.15) is 9.30 Å². The molecule has 11 nitrogen and oxygen atoms in total. The van der Waals surface area contributed by atoms with Crippen molar-refractivity contribution in [2.24, 2.45) is 10.9 Å². The third kappa shape index (κ3) is 5.61. The standard InChI is InChI=1S/C26H34N4O7S2/c1-7-30(16-9-10-16)39(34,35)26-22(31)17(12-38-26)27-21-19(25(33)36-8-2)24(32)29-23(21)28-20(13(3)4)18-11-14(5)15(6)37-18/h11-13,16,20,31H,7-10H2,1-6H3,(H2,27,28,29,32)/t20-/m1/s1. The van der Waals surface area contributed by atoms with E-state index in [9.17, 15) is 23.1 Å². The molecule has 1 aliphatic heterocycles. The van der Waals surface area contributed by atoms with Gasteiger partial charge in [0.05, 0.1) is 18.3 Å². The lowest BCUT2D eigenvalue weighted by molar-refractivity contribution is -0.139. The molecular weight excluding hydrogens is 544 g/mol. The van der Waals surface area contributed by atoms with Crippen LogP contribution in [0.4, 0.5) is 5.69 Å². The van der Waals surface area contributed by atoms with Crippen LogP contribution in [0.15, 0.2) is 36.3 Å². The van der Waals surface area contributed by atoms with Crippen LogP contribution in [0.2, 0.25) is 0 Å².